The predicted molar refractivity (Wildman–Crippen MR) is 76.7 cm³/mol. The molecule has 1 heterocycles. The number of nitrogens with one attached hydrogen (secondary N) is 1. The molecule has 3 N–H and O–H groups in total. The Morgan fingerprint density at radius 2 is 2.11 bits per heavy atom. The topological polar surface area (TPSA) is 50.9 Å². The van der Waals surface area contributed by atoms with Crippen LogP contribution in [0.25, 0.3) is 0 Å². The van der Waals surface area contributed by atoms with Gasteiger partial charge in [0.05, 0.1) is 0 Å². The first-order valence-electron chi connectivity index (χ1n) is 6.93. The normalized spacial score (nSPS) is 24.2. The van der Waals surface area contributed by atoms with E-state index in [1.807, 2.05) is 6.20 Å². The van der Waals surface area contributed by atoms with E-state index in [2.05, 4.69) is 43.2 Å². The summed E-state index contributed by atoms with van der Waals surface area (Å²) in [6.45, 7) is 7.56. The van der Waals surface area contributed by atoms with Gasteiger partial charge in [0, 0.05) is 18.8 Å². The van der Waals surface area contributed by atoms with Crippen LogP contribution in [0, 0.1) is 5.92 Å². The van der Waals surface area contributed by atoms with Crippen LogP contribution in [-0.2, 0) is 5.41 Å². The Balaban J connectivity index is 1.90. The molecule has 2 rings (SSSR count). The van der Waals surface area contributed by atoms with Crippen LogP contribution >= 0.6 is 0 Å². The second-order valence-electron chi connectivity index (χ2n) is 6.42. The molecule has 1 fully saturated rings. The molecule has 1 aliphatic rings. The number of rotatable bonds is 3. The molecule has 0 spiro atoms. The van der Waals surface area contributed by atoms with Crippen LogP contribution in [0.4, 0.5) is 5.82 Å². The lowest BCUT2D eigenvalue weighted by Gasteiger charge is -2.19. The Morgan fingerprint density at radius 3 is 2.61 bits per heavy atom. The predicted octanol–water partition coefficient (Wildman–Crippen LogP) is 2.92. The highest BCUT2D eigenvalue weighted by Crippen LogP contribution is 2.25. The SMILES string of the molecule is CC(C)(C)c1ccc(NCC2CCCC2N)nc1. The van der Waals surface area contributed by atoms with E-state index in [4.69, 9.17) is 5.73 Å². The van der Waals surface area contributed by atoms with Gasteiger partial charge in [-0.15, -0.1) is 0 Å². The summed E-state index contributed by atoms with van der Waals surface area (Å²) in [5.74, 6) is 1.57. The van der Waals surface area contributed by atoms with Gasteiger partial charge < -0.3 is 11.1 Å². The Labute approximate surface area is 110 Å². The number of hydrogen-bond acceptors (Lipinski definition) is 3. The third-order valence-electron chi connectivity index (χ3n) is 3.89. The Kier molecular flexibility index (Phi) is 3.91. The monoisotopic (exact) mass is 247 g/mol. The minimum atomic E-state index is 0.166. The Hall–Kier alpha value is -1.09. The molecule has 1 saturated carbocycles. The largest absolute Gasteiger partial charge is 0.370 e. The number of pyridine rings is 1. The fourth-order valence-corrected chi connectivity index (χ4v) is 2.50. The maximum Gasteiger partial charge on any atom is 0.125 e. The number of aromatic nitrogens is 1. The van der Waals surface area contributed by atoms with Crippen molar-refractivity contribution in [1.29, 1.82) is 0 Å². The van der Waals surface area contributed by atoms with Crippen molar-refractivity contribution in [3.05, 3.63) is 23.9 Å². The van der Waals surface area contributed by atoms with Crippen LogP contribution in [-0.4, -0.2) is 17.6 Å². The van der Waals surface area contributed by atoms with Crippen molar-refractivity contribution in [1.82, 2.24) is 4.98 Å². The highest BCUT2D eigenvalue weighted by molar-refractivity contribution is 5.37. The molecule has 0 saturated heterocycles. The summed E-state index contributed by atoms with van der Waals surface area (Å²) >= 11 is 0. The first kappa shape index (κ1) is 13.3. The van der Waals surface area contributed by atoms with Gasteiger partial charge in [0.2, 0.25) is 0 Å². The summed E-state index contributed by atoms with van der Waals surface area (Å²) in [6.07, 6.45) is 5.65. The first-order valence-corrected chi connectivity index (χ1v) is 6.93. The van der Waals surface area contributed by atoms with Crippen LogP contribution in [0.15, 0.2) is 18.3 Å². The summed E-state index contributed by atoms with van der Waals surface area (Å²) in [5.41, 5.74) is 7.50. The highest BCUT2D eigenvalue weighted by Gasteiger charge is 2.23. The lowest BCUT2D eigenvalue weighted by Crippen LogP contribution is -2.29. The van der Waals surface area contributed by atoms with Gasteiger partial charge in [-0.3, -0.25) is 0 Å². The fourth-order valence-electron chi connectivity index (χ4n) is 2.50. The molecule has 100 valence electrons. The zero-order chi connectivity index (χ0) is 13.2. The van der Waals surface area contributed by atoms with E-state index in [0.29, 0.717) is 12.0 Å². The Morgan fingerprint density at radius 1 is 1.33 bits per heavy atom. The molecule has 3 nitrogen and oxygen atoms in total. The van der Waals surface area contributed by atoms with Crippen molar-refractivity contribution in [2.75, 3.05) is 11.9 Å². The van der Waals surface area contributed by atoms with Crippen molar-refractivity contribution in [3.8, 4) is 0 Å². The van der Waals surface area contributed by atoms with Gasteiger partial charge in [0.15, 0.2) is 0 Å². The van der Waals surface area contributed by atoms with Crippen molar-refractivity contribution in [2.24, 2.45) is 11.7 Å². The summed E-state index contributed by atoms with van der Waals surface area (Å²) in [4.78, 5) is 4.48. The zero-order valence-corrected chi connectivity index (χ0v) is 11.7. The molecule has 2 unspecified atom stereocenters. The van der Waals surface area contributed by atoms with Crippen molar-refractivity contribution < 1.29 is 0 Å². The molecule has 0 bridgehead atoms. The van der Waals surface area contributed by atoms with Crippen LogP contribution in [0.5, 0.6) is 0 Å². The molecule has 0 radical (unpaired) electrons. The van der Waals surface area contributed by atoms with E-state index in [9.17, 15) is 0 Å². The van der Waals surface area contributed by atoms with E-state index in [1.165, 1.54) is 24.8 Å². The van der Waals surface area contributed by atoms with Gasteiger partial charge in [-0.05, 0) is 35.8 Å². The fraction of sp³-hybridized carbons (Fsp3) is 0.667. The molecule has 0 aromatic carbocycles. The highest BCUT2D eigenvalue weighted by atomic mass is 15.0. The zero-order valence-electron chi connectivity index (χ0n) is 11.7. The van der Waals surface area contributed by atoms with Gasteiger partial charge in [0.1, 0.15) is 5.82 Å². The molecule has 1 aromatic heterocycles. The summed E-state index contributed by atoms with van der Waals surface area (Å²) in [6, 6.07) is 4.59. The molecular formula is C15H25N3. The summed E-state index contributed by atoms with van der Waals surface area (Å²) in [7, 11) is 0. The molecule has 2 atom stereocenters. The van der Waals surface area contributed by atoms with Gasteiger partial charge in [-0.25, -0.2) is 4.98 Å². The standard InChI is InChI=1S/C15H25N3/c1-15(2,3)12-7-8-14(18-10-12)17-9-11-5-4-6-13(11)16/h7-8,10-11,13H,4-6,9,16H2,1-3H3,(H,17,18). The maximum atomic E-state index is 6.06. The second-order valence-corrected chi connectivity index (χ2v) is 6.42. The summed E-state index contributed by atoms with van der Waals surface area (Å²) in [5, 5.41) is 3.40. The average molecular weight is 247 g/mol. The van der Waals surface area contributed by atoms with Crippen LogP contribution in [0.3, 0.4) is 0 Å². The second kappa shape index (κ2) is 5.27. The number of nitrogens with two attached hydrogens (primary N) is 1. The van der Waals surface area contributed by atoms with E-state index in [0.717, 1.165) is 12.4 Å². The minimum absolute atomic E-state index is 0.166. The third kappa shape index (κ3) is 3.22. The maximum absolute atomic E-state index is 6.06. The Bertz CT molecular complexity index is 378. The molecule has 1 aromatic rings. The van der Waals surface area contributed by atoms with Crippen LogP contribution < -0.4 is 11.1 Å². The van der Waals surface area contributed by atoms with Gasteiger partial charge >= 0.3 is 0 Å². The number of nitrogens with zero attached hydrogens (tertiary/aromatic N) is 1. The van der Waals surface area contributed by atoms with Gasteiger partial charge in [-0.1, -0.05) is 33.3 Å². The quantitative estimate of drug-likeness (QED) is 0.863. The minimum Gasteiger partial charge on any atom is -0.370 e. The smallest absolute Gasteiger partial charge is 0.125 e. The molecule has 0 amide bonds. The molecule has 18 heavy (non-hydrogen) atoms. The van der Waals surface area contributed by atoms with Gasteiger partial charge in [-0.2, -0.15) is 0 Å². The lowest BCUT2D eigenvalue weighted by molar-refractivity contribution is 0.504. The van der Waals surface area contributed by atoms with E-state index in [1.54, 1.807) is 0 Å². The summed E-state index contributed by atoms with van der Waals surface area (Å²) < 4.78 is 0. The number of anilines is 1. The third-order valence-corrected chi connectivity index (χ3v) is 3.89. The lowest BCUT2D eigenvalue weighted by atomic mass is 9.88. The molecule has 3 heteroatoms. The first-order chi connectivity index (χ1) is 8.47. The van der Waals surface area contributed by atoms with Crippen LogP contribution in [0.1, 0.15) is 45.6 Å². The molecule has 1 aliphatic carbocycles. The van der Waals surface area contributed by atoms with E-state index >= 15 is 0 Å². The van der Waals surface area contributed by atoms with E-state index < -0.39 is 0 Å². The van der Waals surface area contributed by atoms with Crippen molar-refractivity contribution in [2.45, 2.75) is 51.5 Å². The van der Waals surface area contributed by atoms with Crippen LogP contribution in [0.2, 0.25) is 0 Å². The number of hydrogen-bond donors (Lipinski definition) is 2. The average Bonchev–Trinajstić information content (AvgIpc) is 2.72. The molecular weight excluding hydrogens is 222 g/mol. The van der Waals surface area contributed by atoms with Crippen molar-refractivity contribution >= 4 is 5.82 Å². The molecule has 0 aliphatic heterocycles. The van der Waals surface area contributed by atoms with Gasteiger partial charge in [0.25, 0.3) is 0 Å². The van der Waals surface area contributed by atoms with E-state index in [-0.39, 0.29) is 5.41 Å². The van der Waals surface area contributed by atoms with Crippen molar-refractivity contribution in [3.63, 3.8) is 0 Å².